The largest absolute Gasteiger partial charge is 0.327 e. The molecule has 2 aliphatic heterocycles. The van der Waals surface area contributed by atoms with Crippen molar-refractivity contribution in [1.82, 2.24) is 15.5 Å². The number of rotatable bonds is 6. The van der Waals surface area contributed by atoms with Crippen molar-refractivity contribution in [2.75, 3.05) is 6.54 Å². The number of nitrogens with zero attached hydrogens (tertiary/aromatic N) is 1. The minimum atomic E-state index is -0.568. The molecule has 1 aromatic rings. The van der Waals surface area contributed by atoms with E-state index in [1.165, 1.54) is 0 Å². The number of piperidine rings is 1. The molecule has 3 rings (SSSR count). The fourth-order valence-electron chi connectivity index (χ4n) is 3.28. The predicted octanol–water partition coefficient (Wildman–Crippen LogP) is 0.275. The van der Waals surface area contributed by atoms with Gasteiger partial charge in [0.1, 0.15) is 6.04 Å². The zero-order valence-electron chi connectivity index (χ0n) is 14.4. The number of nitrogens with two attached hydrogens (primary N) is 1. The molecule has 0 radical (unpaired) electrons. The van der Waals surface area contributed by atoms with Crippen molar-refractivity contribution in [3.05, 3.63) is 34.9 Å². The van der Waals surface area contributed by atoms with Crippen molar-refractivity contribution >= 4 is 17.7 Å². The van der Waals surface area contributed by atoms with E-state index in [1.54, 1.807) is 4.90 Å². The number of imide groups is 1. The molecule has 134 valence electrons. The third-order valence-corrected chi connectivity index (χ3v) is 4.85. The van der Waals surface area contributed by atoms with Crippen LogP contribution in [0.5, 0.6) is 0 Å². The summed E-state index contributed by atoms with van der Waals surface area (Å²) in [5.41, 5.74) is 8.54. The standard InChI is InChI=1S/C18H24N4O3/c1-2-13(19)9-20-8-11-3-4-14-12(7-11)10-22(18(14)25)15-5-6-16(23)21-17(15)24/h3-4,7,13,15,20H,2,5-6,8-10,19H2,1H3,(H,21,23,24). The van der Waals surface area contributed by atoms with Crippen molar-refractivity contribution < 1.29 is 14.4 Å². The topological polar surface area (TPSA) is 105 Å². The van der Waals surface area contributed by atoms with Gasteiger partial charge in [0.15, 0.2) is 0 Å². The van der Waals surface area contributed by atoms with E-state index in [1.807, 2.05) is 18.2 Å². The van der Waals surface area contributed by atoms with Crippen LogP contribution in [0.15, 0.2) is 18.2 Å². The van der Waals surface area contributed by atoms with Crippen LogP contribution < -0.4 is 16.4 Å². The van der Waals surface area contributed by atoms with Gasteiger partial charge in [-0.3, -0.25) is 19.7 Å². The maximum absolute atomic E-state index is 12.6. The second kappa shape index (κ2) is 7.33. The minimum Gasteiger partial charge on any atom is -0.327 e. The highest BCUT2D eigenvalue weighted by atomic mass is 16.2. The first-order valence-corrected chi connectivity index (χ1v) is 8.72. The summed E-state index contributed by atoms with van der Waals surface area (Å²) in [4.78, 5) is 37.5. The monoisotopic (exact) mass is 344 g/mol. The van der Waals surface area contributed by atoms with Gasteiger partial charge >= 0.3 is 0 Å². The molecule has 7 heteroatoms. The third kappa shape index (κ3) is 3.72. The van der Waals surface area contributed by atoms with Crippen molar-refractivity contribution in [1.29, 1.82) is 0 Å². The fraction of sp³-hybridized carbons (Fsp3) is 0.500. The lowest BCUT2D eigenvalue weighted by Gasteiger charge is -2.29. The van der Waals surface area contributed by atoms with E-state index in [0.717, 1.165) is 24.1 Å². The molecule has 2 unspecified atom stereocenters. The Balaban J connectivity index is 1.67. The molecule has 1 aromatic carbocycles. The number of benzene rings is 1. The van der Waals surface area contributed by atoms with Crippen molar-refractivity contribution in [2.45, 2.75) is 51.4 Å². The third-order valence-electron chi connectivity index (χ3n) is 4.85. The highest BCUT2D eigenvalue weighted by molar-refractivity contribution is 6.05. The van der Waals surface area contributed by atoms with Crippen LogP contribution in [0.25, 0.3) is 0 Å². The Morgan fingerprint density at radius 3 is 2.88 bits per heavy atom. The zero-order chi connectivity index (χ0) is 18.0. The first-order chi connectivity index (χ1) is 12.0. The van der Waals surface area contributed by atoms with Gasteiger partial charge in [0.25, 0.3) is 5.91 Å². The maximum atomic E-state index is 12.6. The number of carbonyl (C=O) groups excluding carboxylic acids is 3. The van der Waals surface area contributed by atoms with Crippen LogP contribution in [0, 0.1) is 0 Å². The first kappa shape index (κ1) is 17.6. The molecule has 1 saturated heterocycles. The van der Waals surface area contributed by atoms with E-state index in [9.17, 15) is 14.4 Å². The molecule has 0 spiro atoms. The lowest BCUT2D eigenvalue weighted by molar-refractivity contribution is -0.136. The fourth-order valence-corrected chi connectivity index (χ4v) is 3.28. The maximum Gasteiger partial charge on any atom is 0.255 e. The Kier molecular flexibility index (Phi) is 5.15. The van der Waals surface area contributed by atoms with Gasteiger partial charge in [-0.2, -0.15) is 0 Å². The van der Waals surface area contributed by atoms with Gasteiger partial charge in [-0.1, -0.05) is 19.1 Å². The number of carbonyl (C=O) groups is 3. The number of nitrogens with one attached hydrogen (secondary N) is 2. The zero-order valence-corrected chi connectivity index (χ0v) is 14.4. The van der Waals surface area contributed by atoms with Crippen LogP contribution in [0.4, 0.5) is 0 Å². The second-order valence-corrected chi connectivity index (χ2v) is 6.69. The van der Waals surface area contributed by atoms with Crippen LogP contribution in [-0.2, 0) is 22.7 Å². The molecule has 2 atom stereocenters. The lowest BCUT2D eigenvalue weighted by atomic mass is 10.0. The summed E-state index contributed by atoms with van der Waals surface area (Å²) < 4.78 is 0. The highest BCUT2D eigenvalue weighted by Gasteiger charge is 2.38. The van der Waals surface area contributed by atoms with Gasteiger partial charge < -0.3 is 16.0 Å². The van der Waals surface area contributed by atoms with Gasteiger partial charge in [-0.15, -0.1) is 0 Å². The number of hydrogen-bond donors (Lipinski definition) is 3. The SMILES string of the molecule is CCC(N)CNCc1ccc2c(c1)CN(C1CCC(=O)NC1=O)C2=O. The van der Waals surface area contributed by atoms with E-state index in [2.05, 4.69) is 17.6 Å². The average Bonchev–Trinajstić information content (AvgIpc) is 2.91. The minimum absolute atomic E-state index is 0.138. The molecular weight excluding hydrogens is 320 g/mol. The first-order valence-electron chi connectivity index (χ1n) is 8.72. The quantitative estimate of drug-likeness (QED) is 0.643. The van der Waals surface area contributed by atoms with E-state index >= 15 is 0 Å². The van der Waals surface area contributed by atoms with Gasteiger partial charge in [-0.25, -0.2) is 0 Å². The van der Waals surface area contributed by atoms with Crippen molar-refractivity contribution in [3.63, 3.8) is 0 Å². The molecule has 2 heterocycles. The Hall–Kier alpha value is -2.25. The lowest BCUT2D eigenvalue weighted by Crippen LogP contribution is -2.52. The molecule has 7 nitrogen and oxygen atoms in total. The summed E-state index contributed by atoms with van der Waals surface area (Å²) in [7, 11) is 0. The van der Waals surface area contributed by atoms with Gasteiger partial charge in [0, 0.05) is 37.7 Å². The predicted molar refractivity (Wildman–Crippen MR) is 92.5 cm³/mol. The Bertz CT molecular complexity index is 704. The highest BCUT2D eigenvalue weighted by Crippen LogP contribution is 2.28. The Morgan fingerprint density at radius 2 is 2.16 bits per heavy atom. The summed E-state index contributed by atoms with van der Waals surface area (Å²) >= 11 is 0. The molecule has 0 aliphatic carbocycles. The number of amides is 3. The molecule has 1 fully saturated rings. The van der Waals surface area contributed by atoms with Gasteiger partial charge in [-0.05, 0) is 30.0 Å². The van der Waals surface area contributed by atoms with E-state index in [-0.39, 0.29) is 30.2 Å². The summed E-state index contributed by atoms with van der Waals surface area (Å²) in [5.74, 6) is -0.797. The molecule has 2 aliphatic rings. The molecule has 0 saturated carbocycles. The Morgan fingerprint density at radius 1 is 1.36 bits per heavy atom. The molecular formula is C18H24N4O3. The van der Waals surface area contributed by atoms with Crippen LogP contribution >= 0.6 is 0 Å². The molecule has 25 heavy (non-hydrogen) atoms. The second-order valence-electron chi connectivity index (χ2n) is 6.69. The van der Waals surface area contributed by atoms with Crippen LogP contribution in [0.1, 0.15) is 47.7 Å². The number of fused-ring (bicyclic) bond motifs is 1. The normalized spacial score (nSPS) is 21.3. The van der Waals surface area contributed by atoms with Gasteiger partial charge in [0.2, 0.25) is 11.8 Å². The van der Waals surface area contributed by atoms with Crippen molar-refractivity contribution in [3.8, 4) is 0 Å². The van der Waals surface area contributed by atoms with E-state index in [4.69, 9.17) is 5.73 Å². The number of hydrogen-bond acceptors (Lipinski definition) is 5. The van der Waals surface area contributed by atoms with E-state index in [0.29, 0.717) is 25.1 Å². The summed E-state index contributed by atoms with van der Waals surface area (Å²) in [5, 5.41) is 5.63. The van der Waals surface area contributed by atoms with Crippen LogP contribution in [0.3, 0.4) is 0 Å². The smallest absolute Gasteiger partial charge is 0.255 e. The molecule has 3 amide bonds. The summed E-state index contributed by atoms with van der Waals surface area (Å²) in [6.07, 6.45) is 1.57. The average molecular weight is 344 g/mol. The Labute approximate surface area is 146 Å². The molecule has 4 N–H and O–H groups in total. The van der Waals surface area contributed by atoms with Crippen LogP contribution in [0.2, 0.25) is 0 Å². The summed E-state index contributed by atoms with van der Waals surface area (Å²) in [6.45, 7) is 3.89. The van der Waals surface area contributed by atoms with Crippen molar-refractivity contribution in [2.24, 2.45) is 5.73 Å². The summed E-state index contributed by atoms with van der Waals surface area (Å²) in [6, 6.07) is 5.32. The van der Waals surface area contributed by atoms with Crippen LogP contribution in [-0.4, -0.2) is 41.2 Å². The van der Waals surface area contributed by atoms with E-state index < -0.39 is 6.04 Å². The van der Waals surface area contributed by atoms with Gasteiger partial charge in [0.05, 0.1) is 0 Å². The molecule has 0 bridgehead atoms. The molecule has 0 aromatic heterocycles.